The molecule has 0 aliphatic rings. The monoisotopic (exact) mass is 345 g/mol. The fourth-order valence-corrected chi connectivity index (χ4v) is 3.19. The highest BCUT2D eigenvalue weighted by atomic mass is 32.1. The van der Waals surface area contributed by atoms with Gasteiger partial charge in [-0.2, -0.15) is 0 Å². The zero-order chi connectivity index (χ0) is 17.3. The Morgan fingerprint density at radius 3 is 2.83 bits per heavy atom. The number of fused-ring (bicyclic) bond motifs is 1. The number of rotatable bonds is 4. The van der Waals surface area contributed by atoms with Gasteiger partial charge in [-0.25, -0.2) is 9.78 Å². The Kier molecular flexibility index (Phi) is 4.09. The van der Waals surface area contributed by atoms with Gasteiger partial charge in [0.25, 0.3) is 11.2 Å². The number of hydrogen-bond acceptors (Lipinski definition) is 7. The van der Waals surface area contributed by atoms with E-state index in [1.807, 2.05) is 24.3 Å². The molecule has 9 heteroatoms. The fraction of sp³-hybridized carbons (Fsp3) is 0.133. The summed E-state index contributed by atoms with van der Waals surface area (Å²) in [6.07, 6.45) is 1.10. The van der Waals surface area contributed by atoms with Crippen molar-refractivity contribution in [2.24, 2.45) is 0 Å². The van der Waals surface area contributed by atoms with Gasteiger partial charge in [-0.3, -0.25) is 14.9 Å². The maximum absolute atomic E-state index is 12.4. The summed E-state index contributed by atoms with van der Waals surface area (Å²) >= 11 is 1.38. The van der Waals surface area contributed by atoms with Gasteiger partial charge in [0.15, 0.2) is 0 Å². The van der Waals surface area contributed by atoms with Gasteiger partial charge < -0.3 is 9.30 Å². The SMILES string of the molecule is COC(=O)c1cc([N+](=O)[O-])cn(Cc2nc3ccccc3s2)c1=O. The molecule has 0 saturated heterocycles. The van der Waals surface area contributed by atoms with E-state index >= 15 is 0 Å². The van der Waals surface area contributed by atoms with Crippen LogP contribution in [0.2, 0.25) is 0 Å². The third-order valence-corrected chi connectivity index (χ3v) is 4.35. The second-order valence-corrected chi connectivity index (χ2v) is 5.98. The van der Waals surface area contributed by atoms with Crippen molar-refractivity contribution in [2.75, 3.05) is 7.11 Å². The normalized spacial score (nSPS) is 10.7. The summed E-state index contributed by atoms with van der Waals surface area (Å²) in [5.74, 6) is -0.915. The standard InChI is InChI=1S/C15H11N3O5S/c1-23-15(20)10-6-9(18(21)22)7-17(14(10)19)8-13-16-11-4-2-3-5-12(11)24-13/h2-7H,8H2,1H3. The van der Waals surface area contributed by atoms with E-state index < -0.39 is 16.5 Å². The highest BCUT2D eigenvalue weighted by Gasteiger charge is 2.20. The Labute approximate surface area is 139 Å². The molecule has 0 bridgehead atoms. The molecule has 0 fully saturated rings. The smallest absolute Gasteiger partial charge is 0.343 e. The van der Waals surface area contributed by atoms with Crippen LogP contribution >= 0.6 is 11.3 Å². The topological polar surface area (TPSA) is 104 Å². The third kappa shape index (κ3) is 2.88. The second kappa shape index (κ2) is 6.20. The summed E-state index contributed by atoms with van der Waals surface area (Å²) in [5, 5.41) is 11.7. The average Bonchev–Trinajstić information content (AvgIpc) is 2.98. The largest absolute Gasteiger partial charge is 0.465 e. The average molecular weight is 345 g/mol. The predicted molar refractivity (Wildman–Crippen MR) is 87.4 cm³/mol. The second-order valence-electron chi connectivity index (χ2n) is 4.87. The first-order valence-corrected chi connectivity index (χ1v) is 7.63. The van der Waals surface area contributed by atoms with Crippen molar-refractivity contribution in [3.63, 3.8) is 0 Å². The number of hydrogen-bond donors (Lipinski definition) is 0. The molecule has 0 N–H and O–H groups in total. The predicted octanol–water partition coefficient (Wildman–Crippen LogP) is 2.20. The van der Waals surface area contributed by atoms with Gasteiger partial charge in [0.2, 0.25) is 0 Å². The van der Waals surface area contributed by atoms with Crippen molar-refractivity contribution in [3.05, 3.63) is 67.6 Å². The minimum absolute atomic E-state index is 0.0316. The summed E-state index contributed by atoms with van der Waals surface area (Å²) in [4.78, 5) is 38.8. The first-order chi connectivity index (χ1) is 11.5. The number of nitrogens with zero attached hydrogens (tertiary/aromatic N) is 3. The van der Waals surface area contributed by atoms with E-state index in [2.05, 4.69) is 9.72 Å². The van der Waals surface area contributed by atoms with Crippen molar-refractivity contribution in [3.8, 4) is 0 Å². The molecule has 24 heavy (non-hydrogen) atoms. The van der Waals surface area contributed by atoms with Crippen LogP contribution in [0.3, 0.4) is 0 Å². The molecular weight excluding hydrogens is 334 g/mol. The Morgan fingerprint density at radius 2 is 2.17 bits per heavy atom. The molecule has 8 nitrogen and oxygen atoms in total. The molecule has 0 saturated carbocycles. The van der Waals surface area contributed by atoms with Crippen molar-refractivity contribution >= 4 is 33.2 Å². The molecule has 0 aliphatic heterocycles. The van der Waals surface area contributed by atoms with Crippen LogP contribution in [-0.4, -0.2) is 27.6 Å². The number of thiazole rings is 1. The van der Waals surface area contributed by atoms with Gasteiger partial charge in [0, 0.05) is 6.07 Å². The molecule has 0 amide bonds. The lowest BCUT2D eigenvalue weighted by atomic mass is 10.2. The van der Waals surface area contributed by atoms with Crippen molar-refractivity contribution in [2.45, 2.75) is 6.54 Å². The highest BCUT2D eigenvalue weighted by Crippen LogP contribution is 2.22. The van der Waals surface area contributed by atoms with E-state index in [9.17, 15) is 19.7 Å². The number of ether oxygens (including phenoxy) is 1. The minimum atomic E-state index is -0.915. The number of nitro groups is 1. The number of benzene rings is 1. The number of aromatic nitrogens is 2. The zero-order valence-electron chi connectivity index (χ0n) is 12.5. The molecule has 122 valence electrons. The van der Waals surface area contributed by atoms with E-state index in [0.717, 1.165) is 34.2 Å². The van der Waals surface area contributed by atoms with E-state index in [1.165, 1.54) is 11.3 Å². The minimum Gasteiger partial charge on any atom is -0.465 e. The van der Waals surface area contributed by atoms with Crippen LogP contribution in [0, 0.1) is 10.1 Å². The summed E-state index contributed by atoms with van der Waals surface area (Å²) in [6.45, 7) is 0.0316. The Balaban J connectivity index is 2.08. The van der Waals surface area contributed by atoms with Gasteiger partial charge in [-0.1, -0.05) is 12.1 Å². The number of methoxy groups -OCH3 is 1. The third-order valence-electron chi connectivity index (χ3n) is 3.33. The van der Waals surface area contributed by atoms with Crippen molar-refractivity contribution in [1.29, 1.82) is 0 Å². The summed E-state index contributed by atoms with van der Waals surface area (Å²) in [7, 11) is 1.11. The van der Waals surface area contributed by atoms with Crippen LogP contribution in [0.25, 0.3) is 10.2 Å². The summed E-state index contributed by atoms with van der Waals surface area (Å²) in [6, 6.07) is 8.38. The van der Waals surface area contributed by atoms with Crippen LogP contribution < -0.4 is 5.56 Å². The Morgan fingerprint density at radius 1 is 1.42 bits per heavy atom. The molecule has 2 heterocycles. The van der Waals surface area contributed by atoms with E-state index in [-0.39, 0.29) is 17.8 Å². The first-order valence-electron chi connectivity index (χ1n) is 6.81. The lowest BCUT2D eigenvalue weighted by molar-refractivity contribution is -0.385. The molecule has 0 aliphatic carbocycles. The van der Waals surface area contributed by atoms with Gasteiger partial charge in [0.05, 0.1) is 35.0 Å². The number of carbonyl (C=O) groups excluding carboxylic acids is 1. The Hall–Kier alpha value is -3.07. The maximum atomic E-state index is 12.4. The lowest BCUT2D eigenvalue weighted by Crippen LogP contribution is -2.27. The van der Waals surface area contributed by atoms with Gasteiger partial charge in [0.1, 0.15) is 10.6 Å². The fourth-order valence-electron chi connectivity index (χ4n) is 2.23. The van der Waals surface area contributed by atoms with Gasteiger partial charge in [-0.05, 0) is 12.1 Å². The lowest BCUT2D eigenvalue weighted by Gasteiger charge is -2.06. The molecule has 0 radical (unpaired) electrons. The molecular formula is C15H11N3O5S. The molecule has 0 unspecified atom stereocenters. The zero-order valence-corrected chi connectivity index (χ0v) is 13.3. The quantitative estimate of drug-likeness (QED) is 0.408. The summed E-state index contributed by atoms with van der Waals surface area (Å²) < 4.78 is 6.56. The van der Waals surface area contributed by atoms with Crippen LogP contribution in [0.5, 0.6) is 0 Å². The number of pyridine rings is 1. The first kappa shape index (κ1) is 15.8. The molecule has 1 aromatic carbocycles. The number of carbonyl (C=O) groups is 1. The van der Waals surface area contributed by atoms with Crippen LogP contribution in [-0.2, 0) is 11.3 Å². The van der Waals surface area contributed by atoms with Crippen molar-refractivity contribution in [1.82, 2.24) is 9.55 Å². The molecule has 0 atom stereocenters. The van der Waals surface area contributed by atoms with Gasteiger partial charge >= 0.3 is 5.97 Å². The van der Waals surface area contributed by atoms with Crippen LogP contribution in [0.4, 0.5) is 5.69 Å². The molecule has 3 aromatic rings. The number of para-hydroxylation sites is 1. The van der Waals surface area contributed by atoms with Crippen LogP contribution in [0.1, 0.15) is 15.4 Å². The highest BCUT2D eigenvalue weighted by molar-refractivity contribution is 7.18. The number of esters is 1. The van der Waals surface area contributed by atoms with E-state index in [1.54, 1.807) is 0 Å². The summed E-state index contributed by atoms with van der Waals surface area (Å²) in [5.41, 5.74) is -0.625. The molecule has 2 aromatic heterocycles. The van der Waals surface area contributed by atoms with E-state index in [0.29, 0.717) is 5.01 Å². The van der Waals surface area contributed by atoms with Crippen LogP contribution in [0.15, 0.2) is 41.3 Å². The van der Waals surface area contributed by atoms with Crippen molar-refractivity contribution < 1.29 is 14.5 Å². The van der Waals surface area contributed by atoms with E-state index in [4.69, 9.17) is 0 Å². The Bertz CT molecular complexity index is 975. The molecule has 3 rings (SSSR count). The van der Waals surface area contributed by atoms with Gasteiger partial charge in [-0.15, -0.1) is 11.3 Å². The maximum Gasteiger partial charge on any atom is 0.343 e. The molecule has 0 spiro atoms.